The molecular weight excluding hydrogens is 116 g/mol. The maximum absolute atomic E-state index is 10.6. The Balaban J connectivity index is 4.19. The molecule has 0 aliphatic rings. The molecule has 0 aromatic rings. The van der Waals surface area contributed by atoms with Crippen molar-refractivity contribution < 1.29 is 4.79 Å². The van der Waals surface area contributed by atoms with Crippen molar-refractivity contribution in [1.82, 2.24) is 0 Å². The van der Waals surface area contributed by atoms with Crippen LogP contribution in [0.3, 0.4) is 0 Å². The molecule has 0 bridgehead atoms. The van der Waals surface area contributed by atoms with Crippen molar-refractivity contribution >= 4 is 11.5 Å². The van der Waals surface area contributed by atoms with Crippen LogP contribution in [0.15, 0.2) is 5.10 Å². The average molecular weight is 128 g/mol. The number of nitrogens with two attached hydrogens (primary N) is 1. The van der Waals surface area contributed by atoms with E-state index in [-0.39, 0.29) is 11.7 Å². The van der Waals surface area contributed by atoms with Crippen LogP contribution in [0.5, 0.6) is 0 Å². The van der Waals surface area contributed by atoms with Crippen molar-refractivity contribution in [2.75, 3.05) is 0 Å². The van der Waals surface area contributed by atoms with Gasteiger partial charge in [-0.3, -0.25) is 4.79 Å². The lowest BCUT2D eigenvalue weighted by Gasteiger charge is -2.01. The number of hydrogen-bond acceptors (Lipinski definition) is 3. The smallest absolute Gasteiger partial charge is 0.175 e. The predicted octanol–water partition coefficient (Wildman–Crippen LogP) is 0.546. The van der Waals surface area contributed by atoms with Crippen LogP contribution in [-0.4, -0.2) is 11.5 Å². The second-order valence-electron chi connectivity index (χ2n) is 2.23. The SMILES string of the molecule is CC(=O)/C(=N/N)C(C)C. The predicted molar refractivity (Wildman–Crippen MR) is 37.1 cm³/mol. The molecule has 0 aliphatic heterocycles. The molecule has 0 rings (SSSR count). The number of ketones is 1. The van der Waals surface area contributed by atoms with Crippen molar-refractivity contribution in [2.45, 2.75) is 20.8 Å². The molecule has 2 N–H and O–H groups in total. The molecule has 0 aromatic carbocycles. The quantitative estimate of drug-likeness (QED) is 0.335. The fourth-order valence-corrected chi connectivity index (χ4v) is 0.646. The van der Waals surface area contributed by atoms with E-state index >= 15 is 0 Å². The van der Waals surface area contributed by atoms with Crippen molar-refractivity contribution in [3.63, 3.8) is 0 Å². The maximum Gasteiger partial charge on any atom is 0.175 e. The summed E-state index contributed by atoms with van der Waals surface area (Å²) in [6.07, 6.45) is 0. The molecule has 0 aliphatic carbocycles. The van der Waals surface area contributed by atoms with Gasteiger partial charge in [0.1, 0.15) is 5.71 Å². The second-order valence-corrected chi connectivity index (χ2v) is 2.23. The Kier molecular flexibility index (Phi) is 2.91. The first-order valence-electron chi connectivity index (χ1n) is 2.88. The van der Waals surface area contributed by atoms with E-state index in [1.54, 1.807) is 0 Å². The van der Waals surface area contributed by atoms with Gasteiger partial charge >= 0.3 is 0 Å². The summed E-state index contributed by atoms with van der Waals surface area (Å²) in [6.45, 7) is 5.23. The number of nitrogens with zero attached hydrogens (tertiary/aromatic N) is 1. The van der Waals surface area contributed by atoms with E-state index in [1.807, 2.05) is 13.8 Å². The second kappa shape index (κ2) is 3.22. The van der Waals surface area contributed by atoms with Crippen LogP contribution >= 0.6 is 0 Å². The van der Waals surface area contributed by atoms with Crippen LogP contribution in [0, 0.1) is 5.92 Å². The minimum atomic E-state index is -0.0486. The Labute approximate surface area is 54.9 Å². The third-order valence-electron chi connectivity index (χ3n) is 1.05. The molecule has 0 unspecified atom stereocenters. The first-order chi connectivity index (χ1) is 4.09. The molecule has 0 aromatic heterocycles. The Morgan fingerprint density at radius 3 is 2.00 bits per heavy atom. The van der Waals surface area contributed by atoms with Crippen molar-refractivity contribution in [1.29, 1.82) is 0 Å². The fourth-order valence-electron chi connectivity index (χ4n) is 0.646. The highest BCUT2D eigenvalue weighted by Crippen LogP contribution is 1.96. The number of rotatable bonds is 2. The summed E-state index contributed by atoms with van der Waals surface area (Å²) >= 11 is 0. The first-order valence-corrected chi connectivity index (χ1v) is 2.88. The number of carbonyl (C=O) groups excluding carboxylic acids is 1. The van der Waals surface area contributed by atoms with Crippen LogP contribution in [0.2, 0.25) is 0 Å². The Morgan fingerprint density at radius 1 is 1.56 bits per heavy atom. The highest BCUT2D eigenvalue weighted by molar-refractivity contribution is 6.39. The highest BCUT2D eigenvalue weighted by Gasteiger charge is 2.08. The van der Waals surface area contributed by atoms with E-state index in [4.69, 9.17) is 5.84 Å². The Bertz CT molecular complexity index is 138. The molecule has 3 nitrogen and oxygen atoms in total. The number of Topliss-reactive ketones (excluding diaryl/α,β-unsaturated/α-hetero) is 1. The lowest BCUT2D eigenvalue weighted by molar-refractivity contribution is -0.111. The largest absolute Gasteiger partial charge is 0.323 e. The summed E-state index contributed by atoms with van der Waals surface area (Å²) in [4.78, 5) is 10.6. The maximum atomic E-state index is 10.6. The molecule has 52 valence electrons. The zero-order valence-electron chi connectivity index (χ0n) is 6.01. The summed E-state index contributed by atoms with van der Waals surface area (Å²) in [5.74, 6) is 5.03. The van der Waals surface area contributed by atoms with E-state index in [2.05, 4.69) is 5.10 Å². The lowest BCUT2D eigenvalue weighted by Crippen LogP contribution is -2.18. The molecule has 0 fully saturated rings. The Morgan fingerprint density at radius 2 is 2.00 bits per heavy atom. The molecule has 0 saturated heterocycles. The van der Waals surface area contributed by atoms with Crippen molar-refractivity contribution in [2.24, 2.45) is 16.9 Å². The van der Waals surface area contributed by atoms with Gasteiger partial charge in [-0.1, -0.05) is 13.8 Å². The first kappa shape index (κ1) is 8.14. The van der Waals surface area contributed by atoms with E-state index in [9.17, 15) is 4.79 Å². The van der Waals surface area contributed by atoms with E-state index < -0.39 is 0 Å². The van der Waals surface area contributed by atoms with Gasteiger partial charge in [-0.05, 0) is 0 Å². The summed E-state index contributed by atoms with van der Waals surface area (Å²) < 4.78 is 0. The van der Waals surface area contributed by atoms with Crippen LogP contribution in [0.1, 0.15) is 20.8 Å². The third-order valence-corrected chi connectivity index (χ3v) is 1.05. The van der Waals surface area contributed by atoms with Gasteiger partial charge in [-0.15, -0.1) is 0 Å². The molecule has 0 saturated carbocycles. The van der Waals surface area contributed by atoms with Crippen LogP contribution in [0.4, 0.5) is 0 Å². The Hall–Kier alpha value is -0.860. The van der Waals surface area contributed by atoms with Gasteiger partial charge in [-0.2, -0.15) is 5.10 Å². The van der Waals surface area contributed by atoms with Gasteiger partial charge in [0.2, 0.25) is 0 Å². The lowest BCUT2D eigenvalue weighted by atomic mass is 10.1. The summed E-state index contributed by atoms with van der Waals surface area (Å²) in [5.41, 5.74) is 0.454. The minimum Gasteiger partial charge on any atom is -0.323 e. The van der Waals surface area contributed by atoms with Gasteiger partial charge in [0.25, 0.3) is 0 Å². The van der Waals surface area contributed by atoms with Gasteiger partial charge in [0.15, 0.2) is 5.78 Å². The molecule has 0 heterocycles. The van der Waals surface area contributed by atoms with Gasteiger partial charge < -0.3 is 5.84 Å². The fraction of sp³-hybridized carbons (Fsp3) is 0.667. The van der Waals surface area contributed by atoms with E-state index in [0.717, 1.165) is 0 Å². The number of hydrogen-bond donors (Lipinski definition) is 1. The summed E-state index contributed by atoms with van der Waals surface area (Å²) in [6, 6.07) is 0. The third kappa shape index (κ3) is 2.26. The van der Waals surface area contributed by atoms with Gasteiger partial charge in [0, 0.05) is 12.8 Å². The van der Waals surface area contributed by atoms with Gasteiger partial charge in [-0.25, -0.2) is 0 Å². The molecule has 0 amide bonds. The molecule has 3 heteroatoms. The minimum absolute atomic E-state index is 0.0486. The number of carbonyl (C=O) groups is 1. The molecule has 9 heavy (non-hydrogen) atoms. The molecule has 0 radical (unpaired) electrons. The zero-order chi connectivity index (χ0) is 7.44. The topological polar surface area (TPSA) is 55.5 Å². The number of hydrazone groups is 1. The highest BCUT2D eigenvalue weighted by atomic mass is 16.1. The molecule has 0 atom stereocenters. The van der Waals surface area contributed by atoms with E-state index in [1.165, 1.54) is 6.92 Å². The van der Waals surface area contributed by atoms with Crippen LogP contribution < -0.4 is 5.84 Å². The normalized spacial score (nSPS) is 12.2. The van der Waals surface area contributed by atoms with Crippen LogP contribution in [0.25, 0.3) is 0 Å². The molecule has 0 spiro atoms. The monoisotopic (exact) mass is 128 g/mol. The van der Waals surface area contributed by atoms with Crippen molar-refractivity contribution in [3.8, 4) is 0 Å². The van der Waals surface area contributed by atoms with E-state index in [0.29, 0.717) is 5.71 Å². The zero-order valence-corrected chi connectivity index (χ0v) is 6.01. The van der Waals surface area contributed by atoms with Crippen LogP contribution in [-0.2, 0) is 4.79 Å². The summed E-state index contributed by atoms with van der Waals surface area (Å²) in [5, 5.41) is 3.35. The van der Waals surface area contributed by atoms with Gasteiger partial charge in [0.05, 0.1) is 0 Å². The van der Waals surface area contributed by atoms with Crippen molar-refractivity contribution in [3.05, 3.63) is 0 Å². The summed E-state index contributed by atoms with van der Waals surface area (Å²) in [7, 11) is 0. The molecular formula is C6H12N2O. The standard InChI is InChI=1S/C6H12N2O/c1-4(2)6(8-7)5(3)9/h4H,7H2,1-3H3/b8-6+. The average Bonchev–Trinajstić information content (AvgIpc) is 1.64.